The molecule has 0 radical (unpaired) electrons. The number of hydrogen-bond acceptors (Lipinski definition) is 3. The van der Waals surface area contributed by atoms with Gasteiger partial charge in [0.25, 0.3) is 0 Å². The average molecular weight is 477 g/mol. The molecule has 142 valence electrons. The monoisotopic (exact) mass is 477 g/mol. The Morgan fingerprint density at radius 2 is 1.92 bits per heavy atom. The molecular formula is C20H32INO2S. The molecule has 3 unspecified atom stereocenters. The van der Waals surface area contributed by atoms with Gasteiger partial charge in [0.05, 0.1) is 24.8 Å². The molecule has 0 N–H and O–H groups in total. The minimum atomic E-state index is -1.08. The second-order valence-corrected chi connectivity index (χ2v) is 11.7. The molecule has 5 atom stereocenters. The van der Waals surface area contributed by atoms with Crippen LogP contribution in [-0.4, -0.2) is 35.8 Å². The highest BCUT2D eigenvalue weighted by atomic mass is 127. The predicted molar refractivity (Wildman–Crippen MR) is 115 cm³/mol. The fourth-order valence-electron chi connectivity index (χ4n) is 3.34. The normalized spacial score (nSPS) is 27.3. The summed E-state index contributed by atoms with van der Waals surface area (Å²) in [7, 11) is 0. The Labute approximate surface area is 170 Å². The van der Waals surface area contributed by atoms with Crippen molar-refractivity contribution >= 4 is 34.0 Å². The summed E-state index contributed by atoms with van der Waals surface area (Å²) in [5, 5.41) is 0. The largest absolute Gasteiger partial charge is 0.597 e. The molecule has 1 aliphatic rings. The topological polar surface area (TPSA) is 35.5 Å². The fraction of sp³-hybridized carbons (Fsp3) is 0.700. The van der Waals surface area contributed by atoms with E-state index < -0.39 is 11.4 Å². The molecule has 1 heterocycles. The zero-order valence-electron chi connectivity index (χ0n) is 16.1. The van der Waals surface area contributed by atoms with Gasteiger partial charge < -0.3 is 9.29 Å². The van der Waals surface area contributed by atoms with E-state index in [1.165, 1.54) is 12.0 Å². The molecule has 0 bridgehead atoms. The summed E-state index contributed by atoms with van der Waals surface area (Å²) in [4.78, 5) is 0. The van der Waals surface area contributed by atoms with Crippen LogP contribution >= 0.6 is 22.6 Å². The van der Waals surface area contributed by atoms with E-state index in [0.29, 0.717) is 10.5 Å². The van der Waals surface area contributed by atoms with Gasteiger partial charge in [0.1, 0.15) is 4.75 Å². The van der Waals surface area contributed by atoms with Crippen LogP contribution in [0.25, 0.3) is 0 Å². The Balaban J connectivity index is 2.25. The van der Waals surface area contributed by atoms with Gasteiger partial charge in [0, 0.05) is 15.3 Å². The summed E-state index contributed by atoms with van der Waals surface area (Å²) in [5.74, 6) is 0. The van der Waals surface area contributed by atoms with Crippen molar-refractivity contribution in [1.29, 1.82) is 0 Å². The quantitative estimate of drug-likeness (QED) is 0.325. The first kappa shape index (κ1) is 21.5. The van der Waals surface area contributed by atoms with Crippen LogP contribution in [0.3, 0.4) is 0 Å². The number of rotatable bonds is 6. The Hall–Kier alpha value is 0.180. The van der Waals surface area contributed by atoms with Crippen molar-refractivity contribution in [2.75, 3.05) is 0 Å². The van der Waals surface area contributed by atoms with Gasteiger partial charge in [-0.2, -0.15) is 0 Å². The minimum Gasteiger partial charge on any atom is -0.597 e. The number of nitrogens with zero attached hydrogens (tertiary/aromatic N) is 1. The molecule has 3 nitrogen and oxygen atoms in total. The number of benzene rings is 1. The van der Waals surface area contributed by atoms with Gasteiger partial charge in [-0.15, -0.1) is 4.31 Å². The van der Waals surface area contributed by atoms with Gasteiger partial charge in [-0.25, -0.2) is 0 Å². The standard InChI is InChI=1S/C20H32INO2S/c1-6-18(19-13-12-17(21)15(2)24-19)22(25(23)20(3,4)5)14-16-10-8-7-9-11-16/h7-11,15,17-19H,6,12-14H2,1-5H3/t15?,17?,18-,19-,25?/m0/s1. The SMILES string of the molecule is CC[C@@H]([C@@H]1CCC(I)C(C)O1)N(Cc1ccccc1)[S+]([O-])C(C)(C)C. The van der Waals surface area contributed by atoms with Gasteiger partial charge in [0.2, 0.25) is 0 Å². The molecule has 1 aliphatic heterocycles. The van der Waals surface area contributed by atoms with E-state index >= 15 is 0 Å². The maximum absolute atomic E-state index is 13.3. The van der Waals surface area contributed by atoms with Crippen molar-refractivity contribution < 1.29 is 9.29 Å². The Kier molecular flexibility index (Phi) is 8.08. The first-order valence-electron chi connectivity index (χ1n) is 9.26. The van der Waals surface area contributed by atoms with Crippen LogP contribution in [0, 0.1) is 0 Å². The maximum Gasteiger partial charge on any atom is 0.137 e. The van der Waals surface area contributed by atoms with Gasteiger partial charge in [-0.1, -0.05) is 59.8 Å². The summed E-state index contributed by atoms with van der Waals surface area (Å²) >= 11 is 1.42. The smallest absolute Gasteiger partial charge is 0.137 e. The van der Waals surface area contributed by atoms with E-state index in [1.54, 1.807) is 0 Å². The summed E-state index contributed by atoms with van der Waals surface area (Å²) in [5.41, 5.74) is 1.20. The molecule has 25 heavy (non-hydrogen) atoms. The molecule has 2 rings (SSSR count). The molecule has 5 heteroatoms. The maximum atomic E-state index is 13.3. The Bertz CT molecular complexity index is 522. The molecule has 1 aromatic carbocycles. The van der Waals surface area contributed by atoms with E-state index in [1.807, 2.05) is 18.2 Å². The van der Waals surface area contributed by atoms with Gasteiger partial charge in [-0.3, -0.25) is 0 Å². The predicted octanol–water partition coefficient (Wildman–Crippen LogP) is 5.10. The lowest BCUT2D eigenvalue weighted by Crippen LogP contribution is -2.54. The first-order chi connectivity index (χ1) is 11.7. The van der Waals surface area contributed by atoms with Crippen LogP contribution in [0.2, 0.25) is 0 Å². The van der Waals surface area contributed by atoms with Crippen molar-refractivity contribution in [3.63, 3.8) is 0 Å². The van der Waals surface area contributed by atoms with Crippen molar-refractivity contribution in [3.8, 4) is 0 Å². The van der Waals surface area contributed by atoms with Crippen LogP contribution in [0.1, 0.15) is 59.4 Å². The summed E-state index contributed by atoms with van der Waals surface area (Å²) < 4.78 is 22.2. The highest BCUT2D eigenvalue weighted by molar-refractivity contribution is 14.1. The zero-order valence-corrected chi connectivity index (χ0v) is 19.0. The summed E-state index contributed by atoms with van der Waals surface area (Å²) in [6.07, 6.45) is 3.57. The third kappa shape index (κ3) is 5.83. The molecule has 1 saturated heterocycles. The molecule has 1 aromatic rings. The number of ether oxygens (including phenoxy) is 1. The lowest BCUT2D eigenvalue weighted by molar-refractivity contribution is -0.0657. The van der Waals surface area contributed by atoms with E-state index in [2.05, 4.69) is 73.6 Å². The zero-order chi connectivity index (χ0) is 18.6. The van der Waals surface area contributed by atoms with Crippen molar-refractivity contribution in [2.24, 2.45) is 0 Å². The summed E-state index contributed by atoms with van der Waals surface area (Å²) in [6, 6.07) is 10.5. The van der Waals surface area contributed by atoms with Crippen LogP contribution in [0.15, 0.2) is 30.3 Å². The lowest BCUT2D eigenvalue weighted by atomic mass is 9.97. The van der Waals surface area contributed by atoms with Crippen molar-refractivity contribution in [3.05, 3.63) is 35.9 Å². The van der Waals surface area contributed by atoms with E-state index in [0.717, 1.165) is 12.8 Å². The molecular weight excluding hydrogens is 445 g/mol. The minimum absolute atomic E-state index is 0.154. The molecule has 1 fully saturated rings. The molecule has 0 aromatic heterocycles. The average Bonchev–Trinajstić information content (AvgIpc) is 2.57. The van der Waals surface area contributed by atoms with E-state index in [-0.39, 0.29) is 23.0 Å². The van der Waals surface area contributed by atoms with Gasteiger partial charge >= 0.3 is 0 Å². The number of alkyl halides is 1. The van der Waals surface area contributed by atoms with Gasteiger partial charge in [0.15, 0.2) is 0 Å². The molecule has 0 spiro atoms. The summed E-state index contributed by atoms with van der Waals surface area (Å²) in [6.45, 7) is 11.2. The van der Waals surface area contributed by atoms with Crippen LogP contribution in [0.4, 0.5) is 0 Å². The van der Waals surface area contributed by atoms with Gasteiger partial charge in [-0.05, 0) is 52.5 Å². The molecule has 0 aliphatic carbocycles. The Morgan fingerprint density at radius 3 is 2.44 bits per heavy atom. The highest BCUT2D eigenvalue weighted by Gasteiger charge is 2.42. The second kappa shape index (κ2) is 9.40. The Morgan fingerprint density at radius 1 is 1.28 bits per heavy atom. The third-order valence-electron chi connectivity index (χ3n) is 4.76. The van der Waals surface area contributed by atoms with E-state index in [4.69, 9.17) is 4.74 Å². The first-order valence-corrected chi connectivity index (χ1v) is 11.6. The van der Waals surface area contributed by atoms with Crippen molar-refractivity contribution in [2.45, 2.75) is 87.3 Å². The second-order valence-electron chi connectivity index (χ2n) is 7.87. The van der Waals surface area contributed by atoms with Crippen molar-refractivity contribution in [1.82, 2.24) is 4.31 Å². The lowest BCUT2D eigenvalue weighted by Gasteiger charge is -2.43. The third-order valence-corrected chi connectivity index (χ3v) is 8.27. The number of halogens is 1. The molecule has 0 amide bonds. The van der Waals surface area contributed by atoms with E-state index in [9.17, 15) is 4.55 Å². The number of hydrogen-bond donors (Lipinski definition) is 0. The van der Waals surface area contributed by atoms with Crippen LogP contribution < -0.4 is 0 Å². The van der Waals surface area contributed by atoms with Crippen LogP contribution in [-0.2, 0) is 22.6 Å². The molecule has 0 saturated carbocycles. The van der Waals surface area contributed by atoms with Crippen LogP contribution in [0.5, 0.6) is 0 Å². The highest BCUT2D eigenvalue weighted by Crippen LogP contribution is 2.33. The fourth-order valence-corrected chi connectivity index (χ4v) is 5.37.